The van der Waals surface area contributed by atoms with Crippen molar-refractivity contribution < 1.29 is 14.3 Å². The molecule has 2 amide bonds. The molecule has 1 unspecified atom stereocenters. The van der Waals surface area contributed by atoms with Crippen LogP contribution < -0.4 is 20.5 Å². The number of nitrogens with one attached hydrogen (secondary N) is 2. The zero-order chi connectivity index (χ0) is 18.4. The predicted octanol–water partition coefficient (Wildman–Crippen LogP) is 2.63. The zero-order valence-corrected chi connectivity index (χ0v) is 15.0. The number of benzene rings is 2. The lowest BCUT2D eigenvalue weighted by molar-refractivity contribution is -0.128. The molecule has 1 atom stereocenters. The number of halogens is 1. The van der Waals surface area contributed by atoms with Crippen LogP contribution in [0.3, 0.4) is 0 Å². The molecule has 25 heavy (non-hydrogen) atoms. The Morgan fingerprint density at radius 1 is 1.08 bits per heavy atom. The summed E-state index contributed by atoms with van der Waals surface area (Å²) >= 11 is 5.87. The van der Waals surface area contributed by atoms with Crippen molar-refractivity contribution in [3.05, 3.63) is 59.1 Å². The molecule has 7 heteroatoms. The van der Waals surface area contributed by atoms with E-state index in [4.69, 9.17) is 16.3 Å². The summed E-state index contributed by atoms with van der Waals surface area (Å²) < 4.78 is 5.49. The molecular weight excluding hydrogens is 342 g/mol. The highest BCUT2D eigenvalue weighted by atomic mass is 35.5. The largest absolute Gasteiger partial charge is 0.481 e. The molecule has 0 spiro atoms. The Hall–Kier alpha value is -2.73. The highest BCUT2D eigenvalue weighted by molar-refractivity contribution is 6.30. The maximum absolute atomic E-state index is 12.1. The van der Waals surface area contributed by atoms with Crippen LogP contribution in [0.15, 0.2) is 48.5 Å². The minimum atomic E-state index is -0.799. The predicted molar refractivity (Wildman–Crippen MR) is 97.9 cm³/mol. The lowest BCUT2D eigenvalue weighted by Crippen LogP contribution is -2.47. The molecule has 2 N–H and O–H groups in total. The zero-order valence-electron chi connectivity index (χ0n) is 14.2. The van der Waals surface area contributed by atoms with Crippen molar-refractivity contribution in [2.24, 2.45) is 0 Å². The topological polar surface area (TPSA) is 70.7 Å². The van der Waals surface area contributed by atoms with Crippen molar-refractivity contribution in [3.63, 3.8) is 0 Å². The van der Waals surface area contributed by atoms with Gasteiger partial charge in [0.05, 0.1) is 0 Å². The molecule has 2 aromatic carbocycles. The van der Waals surface area contributed by atoms with E-state index in [1.165, 1.54) is 0 Å². The number of ether oxygens (including phenoxy) is 1. The second kappa shape index (κ2) is 8.39. The van der Waals surface area contributed by atoms with Gasteiger partial charge >= 0.3 is 0 Å². The van der Waals surface area contributed by atoms with E-state index in [9.17, 15) is 9.59 Å². The summed E-state index contributed by atoms with van der Waals surface area (Å²) in [5, 5.41) is 0.513. The molecule has 2 aromatic rings. The van der Waals surface area contributed by atoms with Gasteiger partial charge in [-0.25, -0.2) is 0 Å². The third-order valence-corrected chi connectivity index (χ3v) is 3.64. The summed E-state index contributed by atoms with van der Waals surface area (Å²) in [5.41, 5.74) is 6.06. The first kappa shape index (κ1) is 18.6. The summed E-state index contributed by atoms with van der Waals surface area (Å²) in [7, 11) is 3.77. The van der Waals surface area contributed by atoms with Crippen LogP contribution in [0.25, 0.3) is 0 Å². The Bertz CT molecular complexity index is 765. The second-order valence-electron chi connectivity index (χ2n) is 5.61. The maximum Gasteiger partial charge on any atom is 0.279 e. The Morgan fingerprint density at radius 2 is 1.80 bits per heavy atom. The van der Waals surface area contributed by atoms with E-state index >= 15 is 0 Å². The number of amides is 2. The Morgan fingerprint density at radius 3 is 2.48 bits per heavy atom. The first-order chi connectivity index (χ1) is 11.9. The monoisotopic (exact) mass is 361 g/mol. The Labute approximate surface area is 151 Å². The fourth-order valence-corrected chi connectivity index (χ4v) is 2.20. The number of carbonyl (C=O) groups is 2. The molecule has 0 heterocycles. The van der Waals surface area contributed by atoms with Crippen molar-refractivity contribution in [1.29, 1.82) is 0 Å². The van der Waals surface area contributed by atoms with Gasteiger partial charge in [0.25, 0.3) is 11.8 Å². The van der Waals surface area contributed by atoms with Crippen molar-refractivity contribution >= 4 is 29.1 Å². The quantitative estimate of drug-likeness (QED) is 0.803. The summed E-state index contributed by atoms with van der Waals surface area (Å²) in [6.07, 6.45) is -0.799. The number of hydrogen-bond acceptors (Lipinski definition) is 4. The molecule has 0 saturated carbocycles. The van der Waals surface area contributed by atoms with Gasteiger partial charge in [-0.1, -0.05) is 23.7 Å². The van der Waals surface area contributed by atoms with Crippen molar-refractivity contribution in [1.82, 2.24) is 10.9 Å². The molecule has 0 aromatic heterocycles. The first-order valence-electron chi connectivity index (χ1n) is 7.66. The van der Waals surface area contributed by atoms with E-state index in [1.807, 2.05) is 25.1 Å². The van der Waals surface area contributed by atoms with E-state index in [2.05, 4.69) is 10.9 Å². The first-order valence-corrected chi connectivity index (χ1v) is 8.04. The summed E-state index contributed by atoms with van der Waals surface area (Å²) in [4.78, 5) is 26.1. The van der Waals surface area contributed by atoms with Crippen molar-refractivity contribution in [2.75, 3.05) is 19.0 Å². The van der Waals surface area contributed by atoms with Crippen LogP contribution in [0.4, 0.5) is 5.69 Å². The van der Waals surface area contributed by atoms with Gasteiger partial charge in [-0.15, -0.1) is 0 Å². The summed E-state index contributed by atoms with van der Waals surface area (Å²) in [6.45, 7) is 1.58. The fourth-order valence-electron chi connectivity index (χ4n) is 2.02. The Kier molecular flexibility index (Phi) is 6.25. The average Bonchev–Trinajstić information content (AvgIpc) is 2.59. The molecular formula is C18H20ClN3O3. The summed E-state index contributed by atoms with van der Waals surface area (Å²) in [5.74, 6) is -0.413. The van der Waals surface area contributed by atoms with Gasteiger partial charge < -0.3 is 9.64 Å². The van der Waals surface area contributed by atoms with Gasteiger partial charge in [-0.05, 0) is 43.3 Å². The van der Waals surface area contributed by atoms with E-state index in [-0.39, 0.29) is 0 Å². The normalized spacial score (nSPS) is 11.4. The minimum absolute atomic E-state index is 0.410. The maximum atomic E-state index is 12.1. The van der Waals surface area contributed by atoms with Crippen molar-refractivity contribution in [3.8, 4) is 5.75 Å². The molecule has 0 radical (unpaired) electrons. The second-order valence-corrected chi connectivity index (χ2v) is 6.04. The molecule has 2 rings (SSSR count). The molecule has 0 bridgehead atoms. The molecule has 132 valence electrons. The molecule has 6 nitrogen and oxygen atoms in total. The van der Waals surface area contributed by atoms with E-state index in [0.29, 0.717) is 16.3 Å². The van der Waals surface area contributed by atoms with Gasteiger partial charge in [0.15, 0.2) is 6.10 Å². The molecule has 0 fully saturated rings. The minimum Gasteiger partial charge on any atom is -0.481 e. The van der Waals surface area contributed by atoms with E-state index < -0.39 is 17.9 Å². The van der Waals surface area contributed by atoms with Gasteiger partial charge in [0.2, 0.25) is 0 Å². The number of anilines is 1. The van der Waals surface area contributed by atoms with Crippen LogP contribution in [0, 0.1) is 0 Å². The lowest BCUT2D eigenvalue weighted by atomic mass is 10.2. The molecule has 0 aliphatic carbocycles. The van der Waals surface area contributed by atoms with Gasteiger partial charge in [-0.3, -0.25) is 20.4 Å². The number of rotatable bonds is 5. The number of hydrazine groups is 1. The van der Waals surface area contributed by atoms with Crippen LogP contribution in [0.5, 0.6) is 5.75 Å². The van der Waals surface area contributed by atoms with Crippen LogP contribution in [0.2, 0.25) is 5.02 Å². The number of carbonyl (C=O) groups excluding carboxylic acids is 2. The van der Waals surface area contributed by atoms with Gasteiger partial charge in [0.1, 0.15) is 5.75 Å². The third kappa shape index (κ3) is 5.39. The van der Waals surface area contributed by atoms with E-state index in [1.54, 1.807) is 49.4 Å². The number of nitrogens with zero attached hydrogens (tertiary/aromatic N) is 1. The SMILES string of the molecule is CC(Oc1cccc(Cl)c1)C(=O)NNC(=O)c1cccc(N(C)C)c1. The van der Waals surface area contributed by atoms with Crippen LogP contribution in [0.1, 0.15) is 17.3 Å². The third-order valence-electron chi connectivity index (χ3n) is 3.40. The fraction of sp³-hybridized carbons (Fsp3) is 0.222. The molecule has 0 saturated heterocycles. The highest BCUT2D eigenvalue weighted by Crippen LogP contribution is 2.18. The van der Waals surface area contributed by atoms with E-state index in [0.717, 1.165) is 5.69 Å². The van der Waals surface area contributed by atoms with Crippen LogP contribution >= 0.6 is 11.6 Å². The number of hydrogen-bond donors (Lipinski definition) is 2. The highest BCUT2D eigenvalue weighted by Gasteiger charge is 2.16. The lowest BCUT2D eigenvalue weighted by Gasteiger charge is -2.16. The smallest absolute Gasteiger partial charge is 0.279 e. The van der Waals surface area contributed by atoms with Crippen LogP contribution in [-0.4, -0.2) is 32.0 Å². The van der Waals surface area contributed by atoms with Gasteiger partial charge in [0, 0.05) is 30.4 Å². The van der Waals surface area contributed by atoms with Crippen LogP contribution in [-0.2, 0) is 4.79 Å². The molecule has 0 aliphatic rings. The Balaban J connectivity index is 1.90. The molecule has 0 aliphatic heterocycles. The van der Waals surface area contributed by atoms with Crippen molar-refractivity contribution in [2.45, 2.75) is 13.0 Å². The van der Waals surface area contributed by atoms with Gasteiger partial charge in [-0.2, -0.15) is 0 Å². The standard InChI is InChI=1S/C18H20ClN3O3/c1-12(25-16-9-5-7-14(19)11-16)17(23)20-21-18(24)13-6-4-8-15(10-13)22(2)3/h4-12H,1-3H3,(H,20,23)(H,21,24). The average molecular weight is 362 g/mol. The summed E-state index contributed by atoms with van der Waals surface area (Å²) in [6, 6.07) is 13.8.